The Morgan fingerprint density at radius 3 is 2.56 bits per heavy atom. The molecule has 2 aromatic heterocycles. The molecule has 0 bridgehead atoms. The summed E-state index contributed by atoms with van der Waals surface area (Å²) < 4.78 is 1.46. The number of nitrogens with one attached hydrogen (secondary N) is 5. The third-order valence-electron chi connectivity index (χ3n) is 6.66. The first kappa shape index (κ1) is 31.0. The monoisotopic (exact) mass is 648 g/mol. The fourth-order valence-corrected chi connectivity index (χ4v) is 5.01. The summed E-state index contributed by atoms with van der Waals surface area (Å²) in [6.07, 6.45) is 0.512. The Hall–Kier alpha value is -5.47. The van der Waals surface area contributed by atoms with Crippen molar-refractivity contribution in [3.63, 3.8) is 0 Å². The van der Waals surface area contributed by atoms with Crippen LogP contribution in [0.4, 0.5) is 15.3 Å². The van der Waals surface area contributed by atoms with Crippen molar-refractivity contribution in [3.05, 3.63) is 106 Å². The van der Waals surface area contributed by atoms with Crippen molar-refractivity contribution in [2.24, 2.45) is 0 Å². The minimum Gasteiger partial charge on any atom is -0.465 e. The Bertz CT molecular complexity index is 1830. The molecule has 0 aliphatic carbocycles. The van der Waals surface area contributed by atoms with Crippen molar-refractivity contribution >= 4 is 46.9 Å². The molecule has 0 aliphatic heterocycles. The minimum absolute atomic E-state index is 0.0986. The van der Waals surface area contributed by atoms with E-state index in [4.69, 9.17) is 28.3 Å². The largest absolute Gasteiger partial charge is 0.465 e. The highest BCUT2D eigenvalue weighted by molar-refractivity contribution is 6.32. The molecule has 0 saturated heterocycles. The maximum Gasteiger partial charge on any atom is 0.409 e. The molecule has 0 aliphatic rings. The molecular weight excluding hydrogens is 623 g/mol. The number of carboxylic acid groups (broad SMARTS) is 1. The van der Waals surface area contributed by atoms with E-state index in [1.54, 1.807) is 67.7 Å². The van der Waals surface area contributed by atoms with Gasteiger partial charge in [0.05, 0.1) is 11.7 Å². The summed E-state index contributed by atoms with van der Waals surface area (Å²) in [4.78, 5) is 44.2. The van der Waals surface area contributed by atoms with E-state index in [9.17, 15) is 14.4 Å². The molecule has 14 nitrogen and oxygen atoms in total. The van der Waals surface area contributed by atoms with Gasteiger partial charge in [0.2, 0.25) is 0 Å². The molecule has 230 valence electrons. The molecular formula is C29H26Cl2N10O4. The van der Waals surface area contributed by atoms with Crippen molar-refractivity contribution in [2.75, 3.05) is 12.4 Å². The first-order chi connectivity index (χ1) is 21.7. The second-order valence-electron chi connectivity index (χ2n) is 9.68. The van der Waals surface area contributed by atoms with E-state index in [1.165, 1.54) is 11.0 Å². The van der Waals surface area contributed by atoms with E-state index in [0.717, 1.165) is 5.56 Å². The van der Waals surface area contributed by atoms with Crippen LogP contribution in [-0.2, 0) is 13.0 Å². The molecule has 0 fully saturated rings. The molecule has 2 heterocycles. The Balaban J connectivity index is 1.40. The fourth-order valence-electron chi connectivity index (χ4n) is 4.57. The molecule has 0 radical (unpaired) electrons. The van der Waals surface area contributed by atoms with Gasteiger partial charge in [0, 0.05) is 35.4 Å². The van der Waals surface area contributed by atoms with Crippen molar-refractivity contribution in [1.29, 1.82) is 0 Å². The van der Waals surface area contributed by atoms with Crippen LogP contribution in [0.5, 0.6) is 0 Å². The van der Waals surface area contributed by atoms with Crippen LogP contribution in [0.2, 0.25) is 10.2 Å². The number of urea groups is 1. The van der Waals surface area contributed by atoms with Gasteiger partial charge in [-0.2, -0.15) is 0 Å². The van der Waals surface area contributed by atoms with Gasteiger partial charge < -0.3 is 26.0 Å². The number of tetrazole rings is 1. The number of aromatic amines is 1. The molecule has 16 heteroatoms. The minimum atomic E-state index is -1.18. The van der Waals surface area contributed by atoms with Gasteiger partial charge in [0.1, 0.15) is 23.0 Å². The first-order valence-electron chi connectivity index (χ1n) is 13.4. The number of halogens is 2. The molecule has 0 unspecified atom stereocenters. The summed E-state index contributed by atoms with van der Waals surface area (Å²) in [5.74, 6) is 0.114. The van der Waals surface area contributed by atoms with Gasteiger partial charge in [0.15, 0.2) is 0 Å². The fraction of sp³-hybridized carbons (Fsp3) is 0.138. The third-order valence-corrected chi connectivity index (χ3v) is 7.16. The van der Waals surface area contributed by atoms with Crippen LogP contribution in [-0.4, -0.2) is 60.4 Å². The van der Waals surface area contributed by atoms with Gasteiger partial charge in [-0.25, -0.2) is 19.3 Å². The van der Waals surface area contributed by atoms with Gasteiger partial charge >= 0.3 is 12.1 Å². The summed E-state index contributed by atoms with van der Waals surface area (Å²) in [5, 5.41) is 31.6. The Morgan fingerprint density at radius 2 is 1.84 bits per heavy atom. The lowest BCUT2D eigenvalue weighted by Gasteiger charge is -2.18. The van der Waals surface area contributed by atoms with Gasteiger partial charge in [-0.3, -0.25) is 10.1 Å². The van der Waals surface area contributed by atoms with Crippen LogP contribution in [0.25, 0.3) is 16.9 Å². The lowest BCUT2D eigenvalue weighted by molar-refractivity contribution is 0.0963. The summed E-state index contributed by atoms with van der Waals surface area (Å²) in [7, 11) is 1.55. The highest BCUT2D eigenvalue weighted by atomic mass is 35.5. The number of imidazole rings is 1. The zero-order valence-corrected chi connectivity index (χ0v) is 25.1. The molecule has 3 aromatic carbocycles. The SMILES string of the molecule is CNC(=O)c1cccc(C[C@H](NC(=O)NCc2cc(Cl)ccc2-n2cnnn2)c2nc(-c3ccc(NC(=O)O)cc3)c(Cl)[nH]2)c1. The molecule has 6 N–H and O–H groups in total. The number of nitrogens with zero attached hydrogens (tertiary/aromatic N) is 5. The van der Waals surface area contributed by atoms with E-state index >= 15 is 0 Å². The van der Waals surface area contributed by atoms with Crippen LogP contribution in [0.1, 0.15) is 33.4 Å². The topological polar surface area (TPSA) is 192 Å². The van der Waals surface area contributed by atoms with E-state index in [2.05, 4.69) is 46.8 Å². The zero-order chi connectivity index (χ0) is 31.9. The van der Waals surface area contributed by atoms with Crippen molar-refractivity contribution in [2.45, 2.75) is 19.0 Å². The number of amides is 4. The Morgan fingerprint density at radius 1 is 1.04 bits per heavy atom. The van der Waals surface area contributed by atoms with Crippen LogP contribution in [0.3, 0.4) is 0 Å². The maximum atomic E-state index is 13.3. The summed E-state index contributed by atoms with van der Waals surface area (Å²) >= 11 is 12.8. The normalized spacial score (nSPS) is 11.4. The van der Waals surface area contributed by atoms with Crippen molar-refractivity contribution in [3.8, 4) is 16.9 Å². The number of benzene rings is 3. The molecule has 5 aromatic rings. The standard InChI is InChI=1S/C29H26Cl2N10O4/c1-32-27(42)18-4-2-3-16(11-18)12-22(26-37-24(25(31)38-26)17-5-8-21(9-6-17)35-29(44)45)36-28(43)33-14-19-13-20(30)7-10-23(19)41-15-34-39-40-41/h2-11,13,15,22,35H,12,14H2,1H3,(H,32,42)(H,37,38)(H,44,45)(H2,33,36,43)/t22-/m0/s1. The van der Waals surface area contributed by atoms with Crippen LogP contribution >= 0.6 is 23.2 Å². The maximum absolute atomic E-state index is 13.3. The van der Waals surface area contributed by atoms with Crippen LogP contribution < -0.4 is 21.3 Å². The number of carbonyl (C=O) groups is 3. The number of carbonyl (C=O) groups excluding carboxylic acids is 2. The van der Waals surface area contributed by atoms with Crippen LogP contribution in [0, 0.1) is 0 Å². The predicted molar refractivity (Wildman–Crippen MR) is 166 cm³/mol. The quantitative estimate of drug-likeness (QED) is 0.127. The average molecular weight is 649 g/mol. The second-order valence-corrected chi connectivity index (χ2v) is 10.5. The number of aromatic nitrogens is 6. The van der Waals surface area contributed by atoms with E-state index < -0.39 is 18.2 Å². The van der Waals surface area contributed by atoms with E-state index in [0.29, 0.717) is 44.6 Å². The highest BCUT2D eigenvalue weighted by Crippen LogP contribution is 2.29. The Kier molecular flexibility index (Phi) is 9.55. The Labute approximate surface area is 266 Å². The van der Waals surface area contributed by atoms with E-state index in [-0.39, 0.29) is 24.0 Å². The zero-order valence-electron chi connectivity index (χ0n) is 23.6. The molecule has 5 rings (SSSR count). The number of rotatable bonds is 10. The molecule has 4 amide bonds. The number of H-pyrrole nitrogens is 1. The molecule has 0 spiro atoms. The second kappa shape index (κ2) is 13.9. The molecule has 0 saturated carbocycles. The van der Waals surface area contributed by atoms with Crippen molar-refractivity contribution < 1.29 is 19.5 Å². The lowest BCUT2D eigenvalue weighted by atomic mass is 10.0. The average Bonchev–Trinajstić information content (AvgIpc) is 3.70. The molecule has 1 atom stereocenters. The number of anilines is 1. The van der Waals surface area contributed by atoms with Crippen LogP contribution in [0.15, 0.2) is 73.1 Å². The summed E-state index contributed by atoms with van der Waals surface area (Å²) in [6, 6.07) is 17.5. The van der Waals surface area contributed by atoms with Gasteiger partial charge in [0.25, 0.3) is 5.91 Å². The van der Waals surface area contributed by atoms with Gasteiger partial charge in [-0.15, -0.1) is 5.10 Å². The smallest absolute Gasteiger partial charge is 0.409 e. The third kappa shape index (κ3) is 7.74. The van der Waals surface area contributed by atoms with E-state index in [1.807, 2.05) is 6.07 Å². The van der Waals surface area contributed by atoms with Gasteiger partial charge in [-0.1, -0.05) is 47.5 Å². The summed E-state index contributed by atoms with van der Waals surface area (Å²) in [6.45, 7) is 0.0986. The lowest BCUT2D eigenvalue weighted by Crippen LogP contribution is -2.39. The van der Waals surface area contributed by atoms with Crippen molar-refractivity contribution in [1.82, 2.24) is 46.1 Å². The van der Waals surface area contributed by atoms with Gasteiger partial charge in [-0.05, 0) is 70.4 Å². The first-order valence-corrected chi connectivity index (χ1v) is 14.2. The highest BCUT2D eigenvalue weighted by Gasteiger charge is 2.22. The molecule has 45 heavy (non-hydrogen) atoms. The number of hydrogen-bond donors (Lipinski definition) is 6. The number of hydrogen-bond acceptors (Lipinski definition) is 7. The predicted octanol–water partition coefficient (Wildman–Crippen LogP) is 4.59. The summed E-state index contributed by atoms with van der Waals surface area (Å²) in [5.41, 5.74) is 3.94.